The van der Waals surface area contributed by atoms with Crippen molar-refractivity contribution in [2.75, 3.05) is 12.4 Å². The van der Waals surface area contributed by atoms with Gasteiger partial charge in [0.1, 0.15) is 28.6 Å². The summed E-state index contributed by atoms with van der Waals surface area (Å²) in [6.45, 7) is 2.06. The second-order valence-corrected chi connectivity index (χ2v) is 5.78. The lowest BCUT2D eigenvalue weighted by Crippen LogP contribution is -2.13. The van der Waals surface area contributed by atoms with Gasteiger partial charge in [-0.3, -0.25) is 10.1 Å². The summed E-state index contributed by atoms with van der Waals surface area (Å²) in [5.74, 6) is 0.116. The first-order valence-corrected chi connectivity index (χ1v) is 7.65. The highest BCUT2D eigenvalue weighted by atomic mass is 32.1. The minimum atomic E-state index is -0.331. The molecule has 0 unspecified atom stereocenters. The minimum Gasteiger partial charge on any atom is -0.377 e. The smallest absolute Gasteiger partial charge is 0.263 e. The number of carbonyl (C=O) groups excluding carboxylic acids is 1. The molecule has 2 aromatic heterocycles. The summed E-state index contributed by atoms with van der Waals surface area (Å²) in [5, 5.41) is 15.7. The molecule has 0 bridgehead atoms. The van der Waals surface area contributed by atoms with E-state index in [0.29, 0.717) is 33.8 Å². The second kappa shape index (κ2) is 6.67. The van der Waals surface area contributed by atoms with Crippen molar-refractivity contribution in [3.8, 4) is 11.3 Å². The Balaban J connectivity index is 1.86. The molecule has 1 aromatic carbocycles. The zero-order chi connectivity index (χ0) is 16.2. The number of aryl methyl sites for hydroxylation is 1. The van der Waals surface area contributed by atoms with E-state index in [-0.39, 0.29) is 5.91 Å². The first-order valence-electron chi connectivity index (χ1n) is 6.83. The Bertz CT molecular complexity index is 813. The number of rotatable bonds is 5. The van der Waals surface area contributed by atoms with Crippen LogP contribution in [0.15, 0.2) is 34.9 Å². The Labute approximate surface area is 136 Å². The van der Waals surface area contributed by atoms with E-state index in [1.165, 1.54) is 11.3 Å². The molecule has 2 heterocycles. The van der Waals surface area contributed by atoms with Crippen LogP contribution in [0.3, 0.4) is 0 Å². The molecule has 0 saturated heterocycles. The van der Waals surface area contributed by atoms with Gasteiger partial charge in [-0.15, -0.1) is 10.2 Å². The summed E-state index contributed by atoms with van der Waals surface area (Å²) in [6, 6.07) is 9.39. The van der Waals surface area contributed by atoms with Crippen LogP contribution in [0.4, 0.5) is 5.13 Å². The lowest BCUT2D eigenvalue weighted by Gasteiger charge is -2.02. The van der Waals surface area contributed by atoms with Crippen LogP contribution in [0.2, 0.25) is 0 Å². The third kappa shape index (κ3) is 3.27. The van der Waals surface area contributed by atoms with E-state index < -0.39 is 0 Å². The van der Waals surface area contributed by atoms with Crippen LogP contribution in [0.25, 0.3) is 11.3 Å². The molecule has 23 heavy (non-hydrogen) atoms. The summed E-state index contributed by atoms with van der Waals surface area (Å²) in [5.41, 5.74) is 1.70. The number of benzene rings is 1. The maximum atomic E-state index is 12.6. The van der Waals surface area contributed by atoms with E-state index in [1.54, 1.807) is 14.0 Å². The highest BCUT2D eigenvalue weighted by Gasteiger charge is 2.22. The molecule has 0 saturated carbocycles. The first-order chi connectivity index (χ1) is 11.2. The van der Waals surface area contributed by atoms with E-state index >= 15 is 0 Å². The van der Waals surface area contributed by atoms with Crippen molar-refractivity contribution in [3.05, 3.63) is 46.7 Å². The third-order valence-corrected chi connectivity index (χ3v) is 3.90. The highest BCUT2D eigenvalue weighted by molar-refractivity contribution is 7.15. The lowest BCUT2D eigenvalue weighted by atomic mass is 10.1. The maximum absolute atomic E-state index is 12.6. The quantitative estimate of drug-likeness (QED) is 0.773. The maximum Gasteiger partial charge on any atom is 0.263 e. The monoisotopic (exact) mass is 330 g/mol. The van der Waals surface area contributed by atoms with E-state index in [1.807, 2.05) is 30.3 Å². The van der Waals surface area contributed by atoms with Crippen LogP contribution in [-0.4, -0.2) is 28.4 Å². The van der Waals surface area contributed by atoms with Gasteiger partial charge in [0.05, 0.1) is 0 Å². The Kier molecular flexibility index (Phi) is 4.45. The van der Waals surface area contributed by atoms with Crippen molar-refractivity contribution in [1.82, 2.24) is 15.4 Å². The zero-order valence-corrected chi connectivity index (χ0v) is 13.4. The Morgan fingerprint density at radius 3 is 2.83 bits per heavy atom. The number of carbonyl (C=O) groups is 1. The van der Waals surface area contributed by atoms with Crippen LogP contribution < -0.4 is 5.32 Å². The standard InChI is InChI=1S/C15H14N4O3S/c1-9-12(13(19-22-9)10-6-4-3-5-7-10)14(20)16-15-18-17-11(23-15)8-21-2/h3-7H,8H2,1-2H3,(H,16,18,20). The average molecular weight is 330 g/mol. The molecule has 1 N–H and O–H groups in total. The number of hydrogen-bond acceptors (Lipinski definition) is 7. The van der Waals surface area contributed by atoms with Gasteiger partial charge in [-0.25, -0.2) is 0 Å². The fourth-order valence-corrected chi connectivity index (χ4v) is 2.79. The Morgan fingerprint density at radius 1 is 1.30 bits per heavy atom. The van der Waals surface area contributed by atoms with Crippen LogP contribution in [0.1, 0.15) is 21.1 Å². The molecule has 0 aliphatic carbocycles. The van der Waals surface area contributed by atoms with E-state index in [4.69, 9.17) is 9.26 Å². The Hall–Kier alpha value is -2.58. The van der Waals surface area contributed by atoms with Gasteiger partial charge in [0.25, 0.3) is 5.91 Å². The Morgan fingerprint density at radius 2 is 2.09 bits per heavy atom. The average Bonchev–Trinajstić information content (AvgIpc) is 3.15. The van der Waals surface area contributed by atoms with Gasteiger partial charge < -0.3 is 9.26 Å². The van der Waals surface area contributed by atoms with E-state index in [9.17, 15) is 4.79 Å². The predicted octanol–water partition coefficient (Wildman–Crippen LogP) is 2.90. The summed E-state index contributed by atoms with van der Waals surface area (Å²) in [7, 11) is 1.58. The van der Waals surface area contributed by atoms with Gasteiger partial charge in [0.2, 0.25) is 5.13 Å². The van der Waals surface area contributed by atoms with Crippen LogP contribution in [-0.2, 0) is 11.3 Å². The minimum absolute atomic E-state index is 0.331. The van der Waals surface area contributed by atoms with Crippen molar-refractivity contribution < 1.29 is 14.1 Å². The fraction of sp³-hybridized carbons (Fsp3) is 0.200. The highest BCUT2D eigenvalue weighted by Crippen LogP contribution is 2.26. The molecule has 7 nitrogen and oxygen atoms in total. The lowest BCUT2D eigenvalue weighted by molar-refractivity contribution is 0.102. The summed E-state index contributed by atoms with van der Waals surface area (Å²) in [6.07, 6.45) is 0. The van der Waals surface area contributed by atoms with Crippen LogP contribution in [0.5, 0.6) is 0 Å². The summed E-state index contributed by atoms with van der Waals surface area (Å²) >= 11 is 1.26. The van der Waals surface area contributed by atoms with Crippen LogP contribution in [0, 0.1) is 6.92 Å². The second-order valence-electron chi connectivity index (χ2n) is 4.72. The molecule has 3 rings (SSSR count). The van der Waals surface area contributed by atoms with E-state index in [2.05, 4.69) is 20.7 Å². The summed E-state index contributed by atoms with van der Waals surface area (Å²) < 4.78 is 10.2. The molecule has 1 amide bonds. The molecule has 0 aliphatic rings. The number of amides is 1. The molecule has 3 aromatic rings. The predicted molar refractivity (Wildman–Crippen MR) is 85.3 cm³/mol. The zero-order valence-electron chi connectivity index (χ0n) is 12.6. The molecule has 118 valence electrons. The van der Waals surface area contributed by atoms with Gasteiger partial charge in [-0.1, -0.05) is 46.8 Å². The molecular weight excluding hydrogens is 316 g/mol. The van der Waals surface area contributed by atoms with Crippen molar-refractivity contribution in [1.29, 1.82) is 0 Å². The number of nitrogens with one attached hydrogen (secondary N) is 1. The van der Waals surface area contributed by atoms with Crippen molar-refractivity contribution in [2.24, 2.45) is 0 Å². The normalized spacial score (nSPS) is 10.7. The number of hydrogen-bond donors (Lipinski definition) is 1. The molecule has 0 atom stereocenters. The fourth-order valence-electron chi connectivity index (χ4n) is 2.08. The molecule has 0 spiro atoms. The molecular formula is C15H14N4O3S. The van der Waals surface area contributed by atoms with Gasteiger partial charge in [-0.2, -0.15) is 0 Å². The van der Waals surface area contributed by atoms with Gasteiger partial charge in [0.15, 0.2) is 0 Å². The number of aromatic nitrogens is 3. The number of methoxy groups -OCH3 is 1. The molecule has 0 aliphatic heterocycles. The van der Waals surface area contributed by atoms with Crippen LogP contribution >= 0.6 is 11.3 Å². The topological polar surface area (TPSA) is 90.1 Å². The SMILES string of the molecule is COCc1nnc(NC(=O)c2c(-c3ccccc3)noc2C)s1. The molecule has 8 heteroatoms. The van der Waals surface area contributed by atoms with Gasteiger partial charge in [-0.05, 0) is 6.92 Å². The largest absolute Gasteiger partial charge is 0.377 e. The van der Waals surface area contributed by atoms with E-state index in [0.717, 1.165) is 5.56 Å². The first kappa shape index (κ1) is 15.3. The molecule has 0 radical (unpaired) electrons. The van der Waals surface area contributed by atoms with Crippen molar-refractivity contribution in [2.45, 2.75) is 13.5 Å². The third-order valence-electron chi connectivity index (χ3n) is 3.09. The number of ether oxygens (including phenoxy) is 1. The number of nitrogens with zero attached hydrogens (tertiary/aromatic N) is 3. The van der Waals surface area contributed by atoms with Gasteiger partial charge >= 0.3 is 0 Å². The summed E-state index contributed by atoms with van der Waals surface area (Å²) in [4.78, 5) is 12.6. The number of anilines is 1. The van der Waals surface area contributed by atoms with Gasteiger partial charge in [0, 0.05) is 12.7 Å². The van der Waals surface area contributed by atoms with Crippen molar-refractivity contribution in [3.63, 3.8) is 0 Å². The molecule has 0 fully saturated rings. The van der Waals surface area contributed by atoms with Crippen molar-refractivity contribution >= 4 is 22.4 Å².